The first-order valence-electron chi connectivity index (χ1n) is 6.73. The summed E-state index contributed by atoms with van der Waals surface area (Å²) in [6.07, 6.45) is 0. The molecule has 0 bridgehead atoms. The van der Waals surface area contributed by atoms with E-state index in [0.29, 0.717) is 5.56 Å². The normalized spacial score (nSPS) is 16.5. The molecule has 2 rings (SSSR count). The van der Waals surface area contributed by atoms with Crippen molar-refractivity contribution in [3.05, 3.63) is 71.8 Å². The first-order chi connectivity index (χ1) is 10.5. The number of rotatable bonds is 6. The van der Waals surface area contributed by atoms with Gasteiger partial charge in [0, 0.05) is 15.2 Å². The minimum Gasteiger partial charge on any atom is -0.293 e. The second-order valence-electron chi connectivity index (χ2n) is 4.83. The topological polar surface area (TPSA) is 17.1 Å². The van der Waals surface area contributed by atoms with Crippen molar-refractivity contribution in [3.63, 3.8) is 0 Å². The molecule has 22 heavy (non-hydrogen) atoms. The van der Waals surface area contributed by atoms with E-state index in [1.54, 1.807) is 0 Å². The Morgan fingerprint density at radius 3 is 1.77 bits per heavy atom. The third-order valence-corrected chi connectivity index (χ3v) is 9.70. The lowest BCUT2D eigenvalue weighted by atomic mass is 10.0. The highest BCUT2D eigenvalue weighted by Crippen LogP contribution is 2.38. The zero-order valence-electron chi connectivity index (χ0n) is 11.5. The van der Waals surface area contributed by atoms with E-state index in [9.17, 15) is 4.79 Å². The molecule has 2 aromatic carbocycles. The first-order valence-corrected chi connectivity index (χ1v) is 10.4. The summed E-state index contributed by atoms with van der Waals surface area (Å²) < 4.78 is 0. The summed E-state index contributed by atoms with van der Waals surface area (Å²) >= 11 is 14.6. The lowest BCUT2D eigenvalue weighted by Gasteiger charge is -2.25. The third kappa shape index (κ3) is 4.53. The van der Waals surface area contributed by atoms with Gasteiger partial charge in [0.25, 0.3) is 0 Å². The third-order valence-electron chi connectivity index (χ3n) is 3.29. The molecule has 1 nitrogen and oxygen atoms in total. The molecule has 0 spiro atoms. The van der Waals surface area contributed by atoms with Crippen molar-refractivity contribution in [1.29, 1.82) is 0 Å². The van der Waals surface area contributed by atoms with Crippen LogP contribution in [-0.2, 0) is 0 Å². The minimum atomic E-state index is -0.317. The number of Topliss-reactive ketones (excluding diaryl/α,β-unsaturated/α-hetero) is 1. The van der Waals surface area contributed by atoms with Crippen LogP contribution < -0.4 is 0 Å². The van der Waals surface area contributed by atoms with Gasteiger partial charge in [0.05, 0.1) is 9.65 Å². The predicted molar refractivity (Wildman–Crippen MR) is 107 cm³/mol. The van der Waals surface area contributed by atoms with Gasteiger partial charge < -0.3 is 0 Å². The van der Waals surface area contributed by atoms with E-state index in [1.807, 2.05) is 48.5 Å². The fourth-order valence-corrected chi connectivity index (χ4v) is 5.25. The van der Waals surface area contributed by atoms with Crippen LogP contribution in [0.5, 0.6) is 0 Å². The van der Waals surface area contributed by atoms with E-state index in [2.05, 4.69) is 75.9 Å². The number of benzene rings is 2. The molecule has 116 valence electrons. The molecule has 0 amide bonds. The Bertz CT molecular complexity index is 603. The molecule has 4 atom stereocenters. The molecule has 0 saturated carbocycles. The molecule has 0 N–H and O–H groups in total. The number of halogens is 4. The van der Waals surface area contributed by atoms with Crippen LogP contribution in [0.3, 0.4) is 0 Å². The van der Waals surface area contributed by atoms with Crippen molar-refractivity contribution in [2.24, 2.45) is 0 Å². The summed E-state index contributed by atoms with van der Waals surface area (Å²) in [5.41, 5.74) is 1.88. The molecular formula is C17H14Br4O. The Hall–Kier alpha value is 0.0300. The molecule has 4 unspecified atom stereocenters. The number of carbonyl (C=O) groups excluding carboxylic acids is 1. The number of alkyl halides is 4. The smallest absolute Gasteiger partial charge is 0.177 e. The van der Waals surface area contributed by atoms with Crippen LogP contribution in [0, 0.1) is 0 Å². The standard InChI is InChI=1S/C17H14Br4O/c18-13(11-7-3-1-4-8-11)14(19)15(20)16(21)17(22)12-9-5-2-6-10-12/h1-10,13-16H. The van der Waals surface area contributed by atoms with Gasteiger partial charge in [-0.15, -0.1) is 0 Å². The van der Waals surface area contributed by atoms with Crippen LogP contribution in [0.4, 0.5) is 0 Å². The molecule has 0 aromatic heterocycles. The Morgan fingerprint density at radius 2 is 1.23 bits per heavy atom. The van der Waals surface area contributed by atoms with Gasteiger partial charge in [-0.25, -0.2) is 0 Å². The molecule has 0 saturated heterocycles. The molecule has 0 heterocycles. The summed E-state index contributed by atoms with van der Waals surface area (Å²) in [7, 11) is 0. The van der Waals surface area contributed by atoms with E-state index >= 15 is 0 Å². The van der Waals surface area contributed by atoms with Gasteiger partial charge in [-0.1, -0.05) is 124 Å². The summed E-state index contributed by atoms with van der Waals surface area (Å²) in [5.74, 6) is 0.0692. The number of carbonyl (C=O) groups is 1. The van der Waals surface area contributed by atoms with E-state index in [-0.39, 0.29) is 25.1 Å². The molecule has 0 radical (unpaired) electrons. The SMILES string of the molecule is O=C(c1ccccc1)C(Br)C(Br)C(Br)C(Br)c1ccccc1. The van der Waals surface area contributed by atoms with Crippen LogP contribution >= 0.6 is 63.7 Å². The second-order valence-corrected chi connectivity index (χ2v) is 8.92. The van der Waals surface area contributed by atoms with Crippen LogP contribution in [0.1, 0.15) is 20.7 Å². The summed E-state index contributed by atoms with van der Waals surface area (Å²) in [6.45, 7) is 0. The average Bonchev–Trinajstić information content (AvgIpc) is 2.60. The van der Waals surface area contributed by atoms with Crippen LogP contribution in [0.2, 0.25) is 0 Å². The highest BCUT2D eigenvalue weighted by atomic mass is 79.9. The monoisotopic (exact) mass is 550 g/mol. The fourth-order valence-electron chi connectivity index (χ4n) is 2.05. The summed E-state index contributed by atoms with van der Waals surface area (Å²) in [4.78, 5) is 12.3. The second kappa shape index (κ2) is 8.76. The van der Waals surface area contributed by atoms with Gasteiger partial charge in [0.2, 0.25) is 0 Å². The van der Waals surface area contributed by atoms with Gasteiger partial charge in [0.15, 0.2) is 5.78 Å². The molecule has 0 aliphatic rings. The highest BCUT2D eigenvalue weighted by Gasteiger charge is 2.33. The van der Waals surface area contributed by atoms with Crippen molar-refractivity contribution in [3.8, 4) is 0 Å². The molecule has 0 aliphatic carbocycles. The van der Waals surface area contributed by atoms with Crippen molar-refractivity contribution in [2.75, 3.05) is 0 Å². The van der Waals surface area contributed by atoms with Crippen LogP contribution in [-0.4, -0.2) is 20.3 Å². The van der Waals surface area contributed by atoms with Gasteiger partial charge in [-0.3, -0.25) is 4.79 Å². The first kappa shape index (κ1) is 18.4. The number of hydrogen-bond acceptors (Lipinski definition) is 1. The van der Waals surface area contributed by atoms with E-state index in [1.165, 1.54) is 5.56 Å². The van der Waals surface area contributed by atoms with Crippen molar-refractivity contribution in [2.45, 2.75) is 19.3 Å². The highest BCUT2D eigenvalue weighted by molar-refractivity contribution is 9.14. The Morgan fingerprint density at radius 1 is 0.727 bits per heavy atom. The summed E-state index contributed by atoms with van der Waals surface area (Å²) in [5, 5.41) is 0. The number of ketones is 1. The largest absolute Gasteiger partial charge is 0.293 e. The maximum absolute atomic E-state index is 12.5. The maximum Gasteiger partial charge on any atom is 0.177 e. The van der Waals surface area contributed by atoms with E-state index in [0.717, 1.165) is 0 Å². The van der Waals surface area contributed by atoms with Gasteiger partial charge >= 0.3 is 0 Å². The van der Waals surface area contributed by atoms with Crippen molar-refractivity contribution in [1.82, 2.24) is 0 Å². The molecule has 2 aromatic rings. The molecule has 0 aliphatic heterocycles. The Labute approximate surface area is 164 Å². The Balaban J connectivity index is 2.09. The molecule has 5 heteroatoms. The van der Waals surface area contributed by atoms with E-state index < -0.39 is 0 Å². The maximum atomic E-state index is 12.5. The quantitative estimate of drug-likeness (QED) is 0.303. The molecular weight excluding hydrogens is 540 g/mol. The Kier molecular flexibility index (Phi) is 7.32. The average molecular weight is 554 g/mol. The van der Waals surface area contributed by atoms with E-state index in [4.69, 9.17) is 0 Å². The van der Waals surface area contributed by atoms with Crippen LogP contribution in [0.15, 0.2) is 60.7 Å². The zero-order valence-corrected chi connectivity index (χ0v) is 17.8. The van der Waals surface area contributed by atoms with Gasteiger partial charge in [-0.2, -0.15) is 0 Å². The fraction of sp³-hybridized carbons (Fsp3) is 0.235. The molecule has 0 fully saturated rings. The van der Waals surface area contributed by atoms with Gasteiger partial charge in [-0.05, 0) is 5.56 Å². The predicted octanol–water partition coefficient (Wildman–Crippen LogP) is 6.30. The van der Waals surface area contributed by atoms with Crippen LogP contribution in [0.25, 0.3) is 0 Å². The van der Waals surface area contributed by atoms with Crippen molar-refractivity contribution < 1.29 is 4.79 Å². The minimum absolute atomic E-state index is 0.0481. The number of hydrogen-bond donors (Lipinski definition) is 0. The van der Waals surface area contributed by atoms with Gasteiger partial charge in [0.1, 0.15) is 0 Å². The zero-order chi connectivity index (χ0) is 16.1. The van der Waals surface area contributed by atoms with Crippen molar-refractivity contribution >= 4 is 69.5 Å². The lowest BCUT2D eigenvalue weighted by molar-refractivity contribution is 0.0991. The summed E-state index contributed by atoms with van der Waals surface area (Å²) in [6, 6.07) is 19.5. The lowest BCUT2D eigenvalue weighted by Crippen LogP contribution is -2.33.